The van der Waals surface area contributed by atoms with Gasteiger partial charge in [0.25, 0.3) is 5.91 Å². The Morgan fingerprint density at radius 2 is 2.10 bits per heavy atom. The molecule has 0 radical (unpaired) electrons. The van der Waals surface area contributed by atoms with Gasteiger partial charge in [0.15, 0.2) is 17.8 Å². The van der Waals surface area contributed by atoms with E-state index < -0.39 is 6.10 Å². The summed E-state index contributed by atoms with van der Waals surface area (Å²) in [6, 6.07) is 12.4. The van der Waals surface area contributed by atoms with E-state index in [1.165, 1.54) is 0 Å². The number of carbonyl (C=O) groups is 2. The number of anilines is 2. The molecule has 0 aliphatic carbocycles. The Morgan fingerprint density at radius 3 is 2.93 bits per heavy atom. The van der Waals surface area contributed by atoms with Crippen molar-refractivity contribution in [3.05, 3.63) is 59.6 Å². The van der Waals surface area contributed by atoms with Gasteiger partial charge in [-0.25, -0.2) is 4.98 Å². The molecule has 7 nitrogen and oxygen atoms in total. The van der Waals surface area contributed by atoms with Crippen LogP contribution < -0.4 is 15.4 Å². The highest BCUT2D eigenvalue weighted by atomic mass is 35.5. The minimum Gasteiger partial charge on any atom is -0.479 e. The van der Waals surface area contributed by atoms with Crippen LogP contribution in [0, 0.1) is 0 Å². The van der Waals surface area contributed by atoms with Crippen LogP contribution in [-0.4, -0.2) is 22.9 Å². The lowest BCUT2D eigenvalue weighted by molar-refractivity contribution is -0.122. The van der Waals surface area contributed by atoms with Gasteiger partial charge in [0.2, 0.25) is 5.91 Å². The van der Waals surface area contributed by atoms with E-state index in [-0.39, 0.29) is 18.2 Å². The molecule has 1 aliphatic heterocycles. The molecule has 2 aromatic carbocycles. The fraction of sp³-hybridized carbons (Fsp3) is 0.190. The normalized spacial score (nSPS) is 15.2. The van der Waals surface area contributed by atoms with E-state index in [1.807, 2.05) is 18.2 Å². The summed E-state index contributed by atoms with van der Waals surface area (Å²) < 4.78 is 11.2. The molecule has 0 saturated heterocycles. The smallest absolute Gasteiger partial charge is 0.265 e. The number of rotatable bonds is 5. The minimum absolute atomic E-state index is 0.194. The van der Waals surface area contributed by atoms with Crippen molar-refractivity contribution in [3.63, 3.8) is 0 Å². The number of nitrogens with zero attached hydrogens (tertiary/aromatic N) is 1. The van der Waals surface area contributed by atoms with E-state index in [4.69, 9.17) is 20.8 Å². The largest absolute Gasteiger partial charge is 0.479 e. The van der Waals surface area contributed by atoms with Gasteiger partial charge in [-0.2, -0.15) is 0 Å². The lowest BCUT2D eigenvalue weighted by Gasteiger charge is -2.23. The molecule has 0 spiro atoms. The molecule has 8 heteroatoms. The third-order valence-electron chi connectivity index (χ3n) is 4.45. The van der Waals surface area contributed by atoms with Gasteiger partial charge in [-0.1, -0.05) is 23.7 Å². The molecule has 29 heavy (non-hydrogen) atoms. The van der Waals surface area contributed by atoms with E-state index in [9.17, 15) is 9.59 Å². The van der Waals surface area contributed by atoms with Crippen molar-refractivity contribution in [1.29, 1.82) is 0 Å². The Bertz CT molecular complexity index is 1080. The molecular weight excluding hydrogens is 394 g/mol. The zero-order valence-electron chi connectivity index (χ0n) is 15.6. The molecule has 3 aromatic rings. The first-order valence-corrected chi connectivity index (χ1v) is 9.48. The molecule has 2 N–H and O–H groups in total. The fourth-order valence-corrected chi connectivity index (χ4v) is 3.17. The van der Waals surface area contributed by atoms with Crippen LogP contribution in [0.3, 0.4) is 0 Å². The maximum absolute atomic E-state index is 12.3. The summed E-state index contributed by atoms with van der Waals surface area (Å²) in [5.74, 6) is 1.17. The van der Waals surface area contributed by atoms with Crippen LogP contribution in [0.1, 0.15) is 19.2 Å². The highest BCUT2D eigenvalue weighted by Gasteiger charge is 2.23. The van der Waals surface area contributed by atoms with Crippen LogP contribution in [0.5, 0.6) is 5.75 Å². The molecule has 1 atom stereocenters. The summed E-state index contributed by atoms with van der Waals surface area (Å²) in [7, 11) is 0. The van der Waals surface area contributed by atoms with Crippen molar-refractivity contribution in [1.82, 2.24) is 4.98 Å². The van der Waals surface area contributed by atoms with Gasteiger partial charge in [-0.15, -0.1) is 0 Å². The van der Waals surface area contributed by atoms with Crippen LogP contribution in [0.15, 0.2) is 53.1 Å². The standard InChI is InChI=1S/C21H18ClN3O4/c1-12-21(27)25-16-10-13(6-7-17(16)28-12)24-19(26)8-9-20-23-11-18(29-20)14-4-2-3-5-15(14)22/h2-7,10-12H,8-9H2,1H3,(H,24,26)(H,25,27)/t12-/m0/s1. The molecule has 1 aromatic heterocycles. The van der Waals surface area contributed by atoms with Crippen molar-refractivity contribution in [2.45, 2.75) is 25.9 Å². The SMILES string of the molecule is C[C@@H]1Oc2ccc(NC(=O)CCc3ncc(-c4ccccc4Cl)o3)cc2NC1=O. The van der Waals surface area contributed by atoms with Crippen molar-refractivity contribution in [3.8, 4) is 17.1 Å². The molecule has 0 fully saturated rings. The molecular formula is C21H18ClN3O4. The first-order valence-electron chi connectivity index (χ1n) is 9.10. The highest BCUT2D eigenvalue weighted by molar-refractivity contribution is 6.33. The maximum Gasteiger partial charge on any atom is 0.265 e. The quantitative estimate of drug-likeness (QED) is 0.653. The Balaban J connectivity index is 1.36. The summed E-state index contributed by atoms with van der Waals surface area (Å²) in [6.45, 7) is 1.67. The summed E-state index contributed by atoms with van der Waals surface area (Å²) in [6.07, 6.45) is 1.60. The summed E-state index contributed by atoms with van der Waals surface area (Å²) >= 11 is 6.17. The Morgan fingerprint density at radius 1 is 1.28 bits per heavy atom. The van der Waals surface area contributed by atoms with Gasteiger partial charge >= 0.3 is 0 Å². The molecule has 2 heterocycles. The molecule has 0 bridgehead atoms. The number of aromatic nitrogens is 1. The van der Waals surface area contributed by atoms with E-state index >= 15 is 0 Å². The van der Waals surface area contributed by atoms with Gasteiger partial charge in [0.1, 0.15) is 5.75 Å². The number of aryl methyl sites for hydroxylation is 1. The molecule has 0 saturated carbocycles. The van der Waals surface area contributed by atoms with Crippen LogP contribution in [0.2, 0.25) is 5.02 Å². The predicted molar refractivity (Wildman–Crippen MR) is 109 cm³/mol. The molecule has 4 rings (SSSR count). The fourth-order valence-electron chi connectivity index (χ4n) is 2.94. The summed E-state index contributed by atoms with van der Waals surface area (Å²) in [5, 5.41) is 6.13. The van der Waals surface area contributed by atoms with Gasteiger partial charge in [-0.05, 0) is 37.3 Å². The average Bonchev–Trinajstić information content (AvgIpc) is 3.17. The topological polar surface area (TPSA) is 93.5 Å². The van der Waals surface area contributed by atoms with Crippen LogP contribution >= 0.6 is 11.6 Å². The Hall–Kier alpha value is -3.32. The summed E-state index contributed by atoms with van der Waals surface area (Å²) in [5.41, 5.74) is 1.85. The maximum atomic E-state index is 12.3. The van der Waals surface area contributed by atoms with Crippen molar-refractivity contribution >= 4 is 34.8 Å². The summed E-state index contributed by atoms with van der Waals surface area (Å²) in [4.78, 5) is 28.2. The number of nitrogens with one attached hydrogen (secondary N) is 2. The van der Waals surface area contributed by atoms with E-state index in [2.05, 4.69) is 15.6 Å². The van der Waals surface area contributed by atoms with Crippen molar-refractivity contribution < 1.29 is 18.7 Å². The van der Waals surface area contributed by atoms with E-state index in [0.29, 0.717) is 40.2 Å². The van der Waals surface area contributed by atoms with Crippen LogP contribution in [-0.2, 0) is 16.0 Å². The number of ether oxygens (including phenoxy) is 1. The second kappa shape index (κ2) is 7.97. The Kier molecular flexibility index (Phi) is 5.22. The van der Waals surface area contributed by atoms with Crippen LogP contribution in [0.25, 0.3) is 11.3 Å². The second-order valence-electron chi connectivity index (χ2n) is 6.61. The Labute approximate surface area is 172 Å². The lowest BCUT2D eigenvalue weighted by Crippen LogP contribution is -2.34. The molecule has 1 aliphatic rings. The van der Waals surface area contributed by atoms with Gasteiger partial charge in [0.05, 0.1) is 16.9 Å². The zero-order chi connectivity index (χ0) is 20.4. The zero-order valence-corrected chi connectivity index (χ0v) is 16.3. The van der Waals surface area contributed by atoms with Gasteiger partial charge in [-0.3, -0.25) is 9.59 Å². The second-order valence-corrected chi connectivity index (χ2v) is 7.01. The number of hydrogen-bond donors (Lipinski definition) is 2. The third-order valence-corrected chi connectivity index (χ3v) is 4.78. The minimum atomic E-state index is -0.542. The van der Waals surface area contributed by atoms with E-state index in [1.54, 1.807) is 37.4 Å². The van der Waals surface area contributed by atoms with E-state index in [0.717, 1.165) is 5.56 Å². The number of oxazole rings is 1. The molecule has 148 valence electrons. The van der Waals surface area contributed by atoms with Crippen molar-refractivity contribution in [2.75, 3.05) is 10.6 Å². The number of halogens is 1. The average molecular weight is 412 g/mol. The predicted octanol–water partition coefficient (Wildman–Crippen LogP) is 4.29. The third kappa shape index (κ3) is 4.25. The number of hydrogen-bond acceptors (Lipinski definition) is 5. The number of fused-ring (bicyclic) bond motifs is 1. The number of benzene rings is 2. The molecule has 0 unspecified atom stereocenters. The monoisotopic (exact) mass is 411 g/mol. The molecule has 2 amide bonds. The van der Waals surface area contributed by atoms with Gasteiger partial charge in [0, 0.05) is 24.1 Å². The number of carbonyl (C=O) groups excluding carboxylic acids is 2. The lowest BCUT2D eigenvalue weighted by atomic mass is 10.2. The van der Waals surface area contributed by atoms with Gasteiger partial charge < -0.3 is 19.8 Å². The number of amides is 2. The van der Waals surface area contributed by atoms with Crippen LogP contribution in [0.4, 0.5) is 11.4 Å². The highest BCUT2D eigenvalue weighted by Crippen LogP contribution is 2.32. The first-order chi connectivity index (χ1) is 14.0. The van der Waals surface area contributed by atoms with Crippen molar-refractivity contribution in [2.24, 2.45) is 0 Å². The first kappa shape index (κ1) is 19.0.